The van der Waals surface area contributed by atoms with Crippen LogP contribution in [-0.4, -0.2) is 45.9 Å². The van der Waals surface area contributed by atoms with Gasteiger partial charge in [-0.15, -0.1) is 0 Å². The number of aryl methyl sites for hydroxylation is 2. The first-order chi connectivity index (χ1) is 15.7. The van der Waals surface area contributed by atoms with Gasteiger partial charge in [0.25, 0.3) is 5.69 Å². The molecule has 0 saturated heterocycles. The van der Waals surface area contributed by atoms with Crippen LogP contribution >= 0.6 is 0 Å². The van der Waals surface area contributed by atoms with Gasteiger partial charge in [-0.25, -0.2) is 4.98 Å². The van der Waals surface area contributed by atoms with Crippen LogP contribution in [0.5, 0.6) is 0 Å². The third-order valence-corrected chi connectivity index (χ3v) is 4.77. The molecule has 0 radical (unpaired) electrons. The quantitative estimate of drug-likeness (QED) is 0.214. The van der Waals surface area contributed by atoms with Crippen molar-refractivity contribution in [2.24, 2.45) is 0 Å². The van der Waals surface area contributed by atoms with Crippen molar-refractivity contribution in [2.75, 3.05) is 18.4 Å². The summed E-state index contributed by atoms with van der Waals surface area (Å²) in [6, 6.07) is 8.89. The molecule has 0 bridgehead atoms. The van der Waals surface area contributed by atoms with E-state index >= 15 is 0 Å². The number of amides is 2. The van der Waals surface area contributed by atoms with E-state index in [0.29, 0.717) is 24.1 Å². The summed E-state index contributed by atoms with van der Waals surface area (Å²) in [6.45, 7) is 3.64. The number of rotatable bonds is 12. The second-order valence-corrected chi connectivity index (χ2v) is 7.49. The van der Waals surface area contributed by atoms with Gasteiger partial charge in [0.15, 0.2) is 0 Å². The third kappa shape index (κ3) is 8.56. The third-order valence-electron chi connectivity index (χ3n) is 4.77. The number of nitro groups is 1. The molecule has 1 heterocycles. The van der Waals surface area contributed by atoms with Crippen molar-refractivity contribution < 1.29 is 24.4 Å². The number of nitrogens with zero attached hydrogens (tertiary/aromatic N) is 2. The van der Waals surface area contributed by atoms with Crippen molar-refractivity contribution in [1.29, 1.82) is 0 Å². The predicted octanol–water partition coefficient (Wildman–Crippen LogP) is 2.25. The minimum absolute atomic E-state index is 0.167. The summed E-state index contributed by atoms with van der Waals surface area (Å²) in [5.74, 6) is -1.39. The lowest BCUT2D eigenvalue weighted by Gasteiger charge is -2.18. The molecular formula is C22H27N5O6. The summed E-state index contributed by atoms with van der Waals surface area (Å²) in [6.07, 6.45) is 0.255. The number of carboxylic acid groups (broad SMARTS) is 1. The molecule has 2 aromatic rings. The maximum Gasteiger partial charge on any atom is 0.305 e. The van der Waals surface area contributed by atoms with Gasteiger partial charge in [0.05, 0.1) is 23.9 Å². The molecule has 0 fully saturated rings. The lowest BCUT2D eigenvalue weighted by molar-refractivity contribution is -0.385. The average Bonchev–Trinajstić information content (AvgIpc) is 2.75. The molecule has 0 aliphatic rings. The van der Waals surface area contributed by atoms with Gasteiger partial charge in [-0.05, 0) is 38.0 Å². The molecule has 1 aromatic heterocycles. The highest BCUT2D eigenvalue weighted by Gasteiger charge is 2.21. The number of benzene rings is 1. The predicted molar refractivity (Wildman–Crippen MR) is 121 cm³/mol. The first kappa shape index (κ1) is 25.2. The SMILES string of the molecule is Cc1cccc(NCCCC(=O)NCC(=O)NC(CC(=O)O)c2ccc(C)c([N+](=O)[O-])c2)n1. The molecule has 1 unspecified atom stereocenters. The van der Waals surface area contributed by atoms with E-state index in [1.54, 1.807) is 6.92 Å². The summed E-state index contributed by atoms with van der Waals surface area (Å²) in [5.41, 5.74) is 1.43. The van der Waals surface area contributed by atoms with Crippen molar-refractivity contribution in [3.8, 4) is 0 Å². The van der Waals surface area contributed by atoms with Crippen LogP contribution in [0.25, 0.3) is 0 Å². The number of nitrogens with one attached hydrogen (secondary N) is 3. The molecule has 33 heavy (non-hydrogen) atoms. The summed E-state index contributed by atoms with van der Waals surface area (Å²) in [4.78, 5) is 50.4. The van der Waals surface area contributed by atoms with Crippen LogP contribution < -0.4 is 16.0 Å². The topological polar surface area (TPSA) is 164 Å². The fourth-order valence-electron chi connectivity index (χ4n) is 3.09. The number of anilines is 1. The number of carbonyl (C=O) groups excluding carboxylic acids is 2. The molecule has 0 aliphatic heterocycles. The Morgan fingerprint density at radius 2 is 1.91 bits per heavy atom. The number of aromatic nitrogens is 1. The van der Waals surface area contributed by atoms with Crippen LogP contribution in [0.4, 0.5) is 11.5 Å². The highest BCUT2D eigenvalue weighted by Crippen LogP contribution is 2.25. The Hall–Kier alpha value is -4.02. The summed E-state index contributed by atoms with van der Waals surface area (Å²) in [7, 11) is 0. The van der Waals surface area contributed by atoms with Gasteiger partial charge in [0, 0.05) is 30.3 Å². The number of hydrogen-bond acceptors (Lipinski definition) is 7. The van der Waals surface area contributed by atoms with E-state index in [1.165, 1.54) is 18.2 Å². The molecule has 0 aliphatic carbocycles. The number of hydrogen-bond donors (Lipinski definition) is 4. The van der Waals surface area contributed by atoms with Crippen molar-refractivity contribution in [3.05, 3.63) is 63.3 Å². The number of carbonyl (C=O) groups is 3. The Labute approximate surface area is 190 Å². The van der Waals surface area contributed by atoms with Crippen LogP contribution in [0.1, 0.15) is 42.1 Å². The monoisotopic (exact) mass is 457 g/mol. The van der Waals surface area contributed by atoms with Crippen molar-refractivity contribution in [3.63, 3.8) is 0 Å². The Kier molecular flexibility index (Phi) is 9.28. The molecule has 176 valence electrons. The summed E-state index contributed by atoms with van der Waals surface area (Å²) >= 11 is 0. The van der Waals surface area contributed by atoms with Crippen LogP contribution in [0.15, 0.2) is 36.4 Å². The fraction of sp³-hybridized carbons (Fsp3) is 0.364. The van der Waals surface area contributed by atoms with Gasteiger partial charge < -0.3 is 21.1 Å². The van der Waals surface area contributed by atoms with E-state index in [2.05, 4.69) is 20.9 Å². The van der Waals surface area contributed by atoms with Gasteiger partial charge >= 0.3 is 5.97 Å². The molecule has 11 nitrogen and oxygen atoms in total. The van der Waals surface area contributed by atoms with E-state index in [-0.39, 0.29) is 24.6 Å². The molecule has 1 atom stereocenters. The number of pyridine rings is 1. The Bertz CT molecular complexity index is 1030. The average molecular weight is 457 g/mol. The zero-order valence-corrected chi connectivity index (χ0v) is 18.5. The van der Waals surface area contributed by atoms with Gasteiger partial charge in [0.2, 0.25) is 11.8 Å². The largest absolute Gasteiger partial charge is 0.481 e. The van der Waals surface area contributed by atoms with Crippen molar-refractivity contribution >= 4 is 29.3 Å². The number of aliphatic carboxylic acids is 1. The first-order valence-corrected chi connectivity index (χ1v) is 10.4. The zero-order valence-electron chi connectivity index (χ0n) is 18.5. The minimum Gasteiger partial charge on any atom is -0.481 e. The smallest absolute Gasteiger partial charge is 0.305 e. The second kappa shape index (κ2) is 12.1. The van der Waals surface area contributed by atoms with Crippen LogP contribution in [0, 0.1) is 24.0 Å². The Morgan fingerprint density at radius 1 is 1.15 bits per heavy atom. The first-order valence-electron chi connectivity index (χ1n) is 10.4. The maximum absolute atomic E-state index is 12.3. The van der Waals surface area contributed by atoms with Gasteiger partial charge in [-0.2, -0.15) is 0 Å². The summed E-state index contributed by atoms with van der Waals surface area (Å²) < 4.78 is 0. The maximum atomic E-state index is 12.3. The van der Waals surface area contributed by atoms with Crippen LogP contribution in [-0.2, 0) is 14.4 Å². The van der Waals surface area contributed by atoms with E-state index < -0.39 is 29.3 Å². The molecule has 2 amide bonds. The van der Waals surface area contributed by atoms with Crippen LogP contribution in [0.2, 0.25) is 0 Å². The molecule has 0 saturated carbocycles. The van der Waals surface area contributed by atoms with Gasteiger partial charge in [-0.1, -0.05) is 18.2 Å². The summed E-state index contributed by atoms with van der Waals surface area (Å²) in [5, 5.41) is 28.5. The zero-order chi connectivity index (χ0) is 24.4. The molecule has 11 heteroatoms. The van der Waals surface area contributed by atoms with E-state index in [0.717, 1.165) is 11.5 Å². The molecule has 0 spiro atoms. The molecule has 4 N–H and O–H groups in total. The van der Waals surface area contributed by atoms with Crippen LogP contribution in [0.3, 0.4) is 0 Å². The van der Waals surface area contributed by atoms with Gasteiger partial charge in [0.1, 0.15) is 5.82 Å². The highest BCUT2D eigenvalue weighted by molar-refractivity contribution is 5.85. The van der Waals surface area contributed by atoms with E-state index in [9.17, 15) is 24.5 Å². The minimum atomic E-state index is -1.18. The molecular weight excluding hydrogens is 430 g/mol. The second-order valence-electron chi connectivity index (χ2n) is 7.49. The van der Waals surface area contributed by atoms with Crippen molar-refractivity contribution in [2.45, 2.75) is 39.2 Å². The normalized spacial score (nSPS) is 11.3. The highest BCUT2D eigenvalue weighted by atomic mass is 16.6. The fourth-order valence-corrected chi connectivity index (χ4v) is 3.09. The van der Waals surface area contributed by atoms with E-state index in [1.807, 2.05) is 25.1 Å². The number of carboxylic acids is 1. The molecule has 2 rings (SSSR count). The standard InChI is InChI=1S/C22H27N5O6/c1-14-8-9-16(11-18(14)27(32)33)17(12-22(30)31)26-21(29)13-24-20(28)7-4-10-23-19-6-3-5-15(2)25-19/h3,5-6,8-9,11,17H,4,7,10,12-13H2,1-2H3,(H,23,25)(H,24,28)(H,26,29)(H,30,31). The Balaban J connectivity index is 1.83. The van der Waals surface area contributed by atoms with Crippen molar-refractivity contribution in [1.82, 2.24) is 15.6 Å². The lowest BCUT2D eigenvalue weighted by atomic mass is 10.0. The molecule has 1 aromatic carbocycles. The Morgan fingerprint density at radius 3 is 2.58 bits per heavy atom. The number of nitro benzene ring substituents is 1. The lowest BCUT2D eigenvalue weighted by Crippen LogP contribution is -2.39. The van der Waals surface area contributed by atoms with E-state index in [4.69, 9.17) is 5.11 Å². The van der Waals surface area contributed by atoms with Gasteiger partial charge in [-0.3, -0.25) is 24.5 Å².